The molecule has 0 aromatic carbocycles. The molecule has 0 saturated carbocycles. The molecule has 0 radical (unpaired) electrons. The van der Waals surface area contributed by atoms with E-state index in [-0.39, 0.29) is 24.8 Å². The Morgan fingerprint density at radius 3 is 2.14 bits per heavy atom. The quantitative estimate of drug-likeness (QED) is 0.517. The number of hydrogen-bond acceptors (Lipinski definition) is 5. The van der Waals surface area contributed by atoms with Crippen molar-refractivity contribution in [3.8, 4) is 18.0 Å². The van der Waals surface area contributed by atoms with E-state index in [1.54, 1.807) is 0 Å². The molecule has 0 aliphatic carbocycles. The van der Waals surface area contributed by atoms with Gasteiger partial charge in [0.15, 0.2) is 0 Å². The van der Waals surface area contributed by atoms with Gasteiger partial charge in [-0.25, -0.2) is 10.3 Å². The van der Waals surface area contributed by atoms with Gasteiger partial charge in [0.1, 0.15) is 0 Å². The molecular formula is C15H28Cl2N4O. The van der Waals surface area contributed by atoms with E-state index in [1.165, 1.54) is 25.7 Å². The van der Waals surface area contributed by atoms with Gasteiger partial charge in [-0.05, 0) is 25.7 Å². The highest BCUT2D eigenvalue weighted by molar-refractivity contribution is 5.85. The lowest BCUT2D eigenvalue weighted by atomic mass is 10.1. The normalized spacial score (nSPS) is 19.0. The third-order valence-electron chi connectivity index (χ3n) is 3.17. The number of nitrogens with one attached hydrogen (secondary N) is 2. The summed E-state index contributed by atoms with van der Waals surface area (Å²) in [5, 5.41) is 9.96. The average molecular weight is 351 g/mol. The molecule has 2 N–H and O–H groups in total. The molecule has 128 valence electrons. The van der Waals surface area contributed by atoms with Crippen molar-refractivity contribution in [3.63, 3.8) is 0 Å². The Kier molecular flexibility index (Phi) is 19.7. The fourth-order valence-corrected chi connectivity index (χ4v) is 2.00. The van der Waals surface area contributed by atoms with E-state index >= 15 is 0 Å². The Balaban J connectivity index is 0. The number of hydrogen-bond donors (Lipinski definition) is 2. The van der Waals surface area contributed by atoms with E-state index in [2.05, 4.69) is 22.8 Å². The first-order chi connectivity index (χ1) is 9.93. The monoisotopic (exact) mass is 350 g/mol. The van der Waals surface area contributed by atoms with Crippen LogP contribution in [0.3, 0.4) is 0 Å². The van der Waals surface area contributed by atoms with Crippen molar-refractivity contribution < 1.29 is 4.84 Å². The van der Waals surface area contributed by atoms with E-state index in [9.17, 15) is 0 Å². The summed E-state index contributed by atoms with van der Waals surface area (Å²) in [7, 11) is 0. The van der Waals surface area contributed by atoms with E-state index in [1.807, 2.05) is 6.19 Å². The molecule has 0 aromatic rings. The van der Waals surface area contributed by atoms with Crippen molar-refractivity contribution in [2.24, 2.45) is 0 Å². The minimum Gasteiger partial charge on any atom is -0.248 e. The van der Waals surface area contributed by atoms with Crippen molar-refractivity contribution in [3.05, 3.63) is 0 Å². The van der Waals surface area contributed by atoms with Crippen LogP contribution in [0.5, 0.6) is 0 Å². The van der Waals surface area contributed by atoms with Crippen LogP contribution in [0.1, 0.15) is 64.2 Å². The fraction of sp³-hybridized carbons (Fsp3) is 0.800. The first-order valence-electron chi connectivity index (χ1n) is 7.70. The number of hydroxylamine groups is 1. The zero-order chi connectivity index (χ0) is 14.3. The summed E-state index contributed by atoms with van der Waals surface area (Å²) in [5.74, 6) is 6.47. The van der Waals surface area contributed by atoms with Gasteiger partial charge in [-0.3, -0.25) is 0 Å². The van der Waals surface area contributed by atoms with Crippen molar-refractivity contribution in [2.45, 2.75) is 64.2 Å². The van der Waals surface area contributed by atoms with Crippen LogP contribution in [0.15, 0.2) is 0 Å². The standard InChI is InChI=1S/C15H26N4O.2ClH/c16-15-19-18-17-13-11-9-7-5-3-1-2-4-6-8-10-12-14-20-19;;/h17-18H,1-2,4,6-14H2;2*1H. The zero-order valence-corrected chi connectivity index (χ0v) is 14.7. The van der Waals surface area contributed by atoms with Crippen molar-refractivity contribution in [2.75, 3.05) is 13.2 Å². The Morgan fingerprint density at radius 2 is 1.45 bits per heavy atom. The van der Waals surface area contributed by atoms with Gasteiger partial charge < -0.3 is 0 Å². The van der Waals surface area contributed by atoms with Gasteiger partial charge in [0, 0.05) is 19.4 Å². The first kappa shape index (κ1) is 23.6. The van der Waals surface area contributed by atoms with Crippen LogP contribution in [-0.2, 0) is 4.84 Å². The molecule has 7 heteroatoms. The summed E-state index contributed by atoms with van der Waals surface area (Å²) >= 11 is 0. The lowest BCUT2D eigenvalue weighted by Crippen LogP contribution is -2.44. The first-order valence-corrected chi connectivity index (χ1v) is 7.70. The molecular weight excluding hydrogens is 323 g/mol. The summed E-state index contributed by atoms with van der Waals surface area (Å²) in [5.41, 5.74) is 5.71. The molecule has 1 heterocycles. The van der Waals surface area contributed by atoms with Gasteiger partial charge in [0.05, 0.1) is 6.61 Å². The molecule has 0 spiro atoms. The van der Waals surface area contributed by atoms with Crippen molar-refractivity contribution in [1.29, 1.82) is 5.26 Å². The van der Waals surface area contributed by atoms with E-state index in [4.69, 9.17) is 10.1 Å². The molecule has 1 aliphatic heterocycles. The number of nitriles is 1. The highest BCUT2D eigenvalue weighted by Crippen LogP contribution is 2.07. The van der Waals surface area contributed by atoms with Crippen LogP contribution >= 0.6 is 24.8 Å². The van der Waals surface area contributed by atoms with Gasteiger partial charge in [0.2, 0.25) is 6.19 Å². The van der Waals surface area contributed by atoms with Crippen molar-refractivity contribution >= 4 is 24.8 Å². The van der Waals surface area contributed by atoms with Crippen LogP contribution in [0.25, 0.3) is 0 Å². The molecule has 0 unspecified atom stereocenters. The SMILES string of the molecule is Cl.Cl.N#CN1NNCCCCC#CCCCCCCCCO1. The van der Waals surface area contributed by atoms with E-state index < -0.39 is 0 Å². The Bertz CT molecular complexity index is 339. The molecule has 0 aromatic heterocycles. The zero-order valence-electron chi connectivity index (χ0n) is 13.1. The lowest BCUT2D eigenvalue weighted by Gasteiger charge is -2.16. The number of hydrazine groups is 2. The van der Waals surface area contributed by atoms with Gasteiger partial charge >= 0.3 is 0 Å². The summed E-state index contributed by atoms with van der Waals surface area (Å²) in [6, 6.07) is 0. The second-order valence-electron chi connectivity index (χ2n) is 4.95. The highest BCUT2D eigenvalue weighted by atomic mass is 35.5. The number of halogens is 2. The van der Waals surface area contributed by atoms with Gasteiger partial charge in [-0.2, -0.15) is 5.26 Å². The molecule has 0 bridgehead atoms. The predicted molar refractivity (Wildman–Crippen MR) is 93.0 cm³/mol. The maximum absolute atomic E-state index is 8.88. The van der Waals surface area contributed by atoms with Crippen LogP contribution in [0.4, 0.5) is 0 Å². The fourth-order valence-electron chi connectivity index (χ4n) is 2.00. The van der Waals surface area contributed by atoms with Crippen LogP contribution in [0.2, 0.25) is 0 Å². The third-order valence-corrected chi connectivity index (χ3v) is 3.17. The van der Waals surface area contributed by atoms with E-state index in [0.717, 1.165) is 50.2 Å². The Morgan fingerprint density at radius 1 is 0.864 bits per heavy atom. The molecule has 5 nitrogen and oxygen atoms in total. The maximum Gasteiger partial charge on any atom is 0.223 e. The largest absolute Gasteiger partial charge is 0.248 e. The van der Waals surface area contributed by atoms with Crippen LogP contribution < -0.4 is 11.0 Å². The topological polar surface area (TPSA) is 60.3 Å². The number of rotatable bonds is 0. The van der Waals surface area contributed by atoms with Gasteiger partial charge in [-0.1, -0.05) is 30.9 Å². The van der Waals surface area contributed by atoms with Crippen LogP contribution in [0, 0.1) is 23.3 Å². The lowest BCUT2D eigenvalue weighted by molar-refractivity contribution is -0.160. The Hall–Kier alpha value is -0.690. The molecule has 0 amide bonds. The third kappa shape index (κ3) is 14.3. The molecule has 0 atom stereocenters. The molecule has 0 saturated heterocycles. The van der Waals surface area contributed by atoms with Crippen LogP contribution in [-0.4, -0.2) is 18.3 Å². The van der Waals surface area contributed by atoms with Gasteiger partial charge in [-0.15, -0.1) is 42.2 Å². The summed E-state index contributed by atoms with van der Waals surface area (Å²) in [4.78, 5) is 5.31. The molecule has 1 rings (SSSR count). The van der Waals surface area contributed by atoms with Crippen molar-refractivity contribution in [1.82, 2.24) is 16.1 Å². The second kappa shape index (κ2) is 18.4. The molecule has 1 aliphatic rings. The summed E-state index contributed by atoms with van der Waals surface area (Å²) in [6.07, 6.45) is 13.2. The highest BCUT2D eigenvalue weighted by Gasteiger charge is 2.00. The maximum atomic E-state index is 8.88. The molecule has 0 fully saturated rings. The number of nitrogens with zero attached hydrogens (tertiary/aromatic N) is 2. The Labute approximate surface area is 146 Å². The predicted octanol–water partition coefficient (Wildman–Crippen LogP) is 3.47. The minimum absolute atomic E-state index is 0. The second-order valence-corrected chi connectivity index (χ2v) is 4.95. The summed E-state index contributed by atoms with van der Waals surface area (Å²) < 4.78 is 0. The smallest absolute Gasteiger partial charge is 0.223 e. The van der Waals surface area contributed by atoms with Gasteiger partial charge in [0.25, 0.3) is 0 Å². The summed E-state index contributed by atoms with van der Waals surface area (Å²) in [6.45, 7) is 1.37. The molecule has 22 heavy (non-hydrogen) atoms. The average Bonchev–Trinajstić information content (AvgIpc) is 2.47. The van der Waals surface area contributed by atoms with E-state index in [0.29, 0.717) is 6.61 Å². The minimum atomic E-state index is 0.